The Morgan fingerprint density at radius 2 is 2.05 bits per heavy atom. The third-order valence-electron chi connectivity index (χ3n) is 3.85. The lowest BCUT2D eigenvalue weighted by molar-refractivity contribution is 0.179. The van der Waals surface area contributed by atoms with Gasteiger partial charge in [-0.3, -0.25) is 0 Å². The Morgan fingerprint density at radius 3 is 2.68 bits per heavy atom. The van der Waals surface area contributed by atoms with E-state index < -0.39 is 0 Å². The Bertz CT molecular complexity index is 402. The minimum atomic E-state index is 0.633. The maximum Gasteiger partial charge on any atom is 0.138 e. The average molecular weight is 279 g/mol. The molecule has 3 nitrogen and oxygen atoms in total. The van der Waals surface area contributed by atoms with E-state index in [1.54, 1.807) is 0 Å². The third kappa shape index (κ3) is 3.69. The van der Waals surface area contributed by atoms with Crippen molar-refractivity contribution in [2.45, 2.75) is 57.7 Å². The van der Waals surface area contributed by atoms with Gasteiger partial charge < -0.3 is 4.90 Å². The van der Waals surface area contributed by atoms with Crippen molar-refractivity contribution < 1.29 is 0 Å². The van der Waals surface area contributed by atoms with Crippen LogP contribution in [-0.2, 0) is 18.6 Å². The van der Waals surface area contributed by atoms with E-state index in [0.29, 0.717) is 11.8 Å². The van der Waals surface area contributed by atoms with Gasteiger partial charge in [0.05, 0.1) is 5.75 Å². The van der Waals surface area contributed by atoms with Crippen LogP contribution in [0.25, 0.3) is 0 Å². The van der Waals surface area contributed by atoms with Crippen LogP contribution in [0.5, 0.6) is 0 Å². The van der Waals surface area contributed by atoms with Crippen molar-refractivity contribution in [1.29, 1.82) is 0 Å². The SMILES string of the molecule is CCCN(CCC)C1CCc2nc(CS)ncc2C1. The molecule has 0 bridgehead atoms. The minimum absolute atomic E-state index is 0.633. The van der Waals surface area contributed by atoms with Crippen molar-refractivity contribution in [2.75, 3.05) is 13.1 Å². The highest BCUT2D eigenvalue weighted by Gasteiger charge is 2.24. The largest absolute Gasteiger partial charge is 0.300 e. The van der Waals surface area contributed by atoms with Crippen LogP contribution < -0.4 is 0 Å². The summed E-state index contributed by atoms with van der Waals surface area (Å²) in [7, 11) is 0. The standard InChI is InChI=1S/C15H25N3S/c1-3-7-18(8-4-2)13-5-6-14-12(9-13)10-16-15(11-19)17-14/h10,13,19H,3-9,11H2,1-2H3. The van der Waals surface area contributed by atoms with Gasteiger partial charge in [-0.15, -0.1) is 0 Å². The van der Waals surface area contributed by atoms with Crippen molar-refractivity contribution in [3.8, 4) is 0 Å². The third-order valence-corrected chi connectivity index (χ3v) is 4.14. The quantitative estimate of drug-likeness (QED) is 0.812. The van der Waals surface area contributed by atoms with Crippen LogP contribution >= 0.6 is 12.6 Å². The number of aryl methyl sites for hydroxylation is 1. The first-order chi connectivity index (χ1) is 9.28. The first kappa shape index (κ1) is 14.8. The normalized spacial score (nSPS) is 18.6. The van der Waals surface area contributed by atoms with Crippen molar-refractivity contribution >= 4 is 12.6 Å². The van der Waals surface area contributed by atoms with Crippen molar-refractivity contribution in [1.82, 2.24) is 14.9 Å². The van der Waals surface area contributed by atoms with Gasteiger partial charge in [0.15, 0.2) is 0 Å². The molecule has 0 radical (unpaired) electrons. The van der Waals surface area contributed by atoms with Gasteiger partial charge in [0.2, 0.25) is 0 Å². The molecular formula is C15H25N3S. The zero-order valence-electron chi connectivity index (χ0n) is 12.1. The van der Waals surface area contributed by atoms with Crippen molar-refractivity contribution in [2.24, 2.45) is 0 Å². The van der Waals surface area contributed by atoms with Crippen LogP contribution in [0.2, 0.25) is 0 Å². The van der Waals surface area contributed by atoms with Crippen LogP contribution in [0, 0.1) is 0 Å². The number of fused-ring (bicyclic) bond motifs is 1. The summed E-state index contributed by atoms with van der Waals surface area (Å²) in [4.78, 5) is 11.7. The van der Waals surface area contributed by atoms with E-state index in [9.17, 15) is 0 Å². The second-order valence-electron chi connectivity index (χ2n) is 5.35. The molecule has 0 saturated heterocycles. The van der Waals surface area contributed by atoms with Gasteiger partial charge in [-0.2, -0.15) is 12.6 Å². The van der Waals surface area contributed by atoms with Crippen LogP contribution in [-0.4, -0.2) is 34.0 Å². The summed E-state index contributed by atoms with van der Waals surface area (Å²) in [6.45, 7) is 6.95. The molecule has 0 spiro atoms. The van der Waals surface area contributed by atoms with Crippen LogP contribution in [0.3, 0.4) is 0 Å². The van der Waals surface area contributed by atoms with E-state index in [2.05, 4.69) is 41.3 Å². The fraction of sp³-hybridized carbons (Fsp3) is 0.733. The molecule has 1 aliphatic rings. The van der Waals surface area contributed by atoms with E-state index >= 15 is 0 Å². The van der Waals surface area contributed by atoms with E-state index in [1.165, 1.54) is 43.6 Å². The van der Waals surface area contributed by atoms with E-state index in [4.69, 9.17) is 0 Å². The molecule has 0 aromatic carbocycles. The van der Waals surface area contributed by atoms with Gasteiger partial charge in [-0.05, 0) is 50.8 Å². The first-order valence-corrected chi connectivity index (χ1v) is 8.10. The minimum Gasteiger partial charge on any atom is -0.300 e. The maximum atomic E-state index is 4.61. The smallest absolute Gasteiger partial charge is 0.138 e. The molecule has 0 fully saturated rings. The Morgan fingerprint density at radius 1 is 1.32 bits per heavy atom. The number of rotatable bonds is 6. The van der Waals surface area contributed by atoms with Gasteiger partial charge in [0, 0.05) is 17.9 Å². The highest BCUT2D eigenvalue weighted by molar-refractivity contribution is 7.79. The maximum absolute atomic E-state index is 4.61. The molecule has 106 valence electrons. The Kier molecular flexibility index (Phi) is 5.64. The molecule has 1 aromatic heterocycles. The fourth-order valence-electron chi connectivity index (χ4n) is 2.97. The predicted molar refractivity (Wildman–Crippen MR) is 82.7 cm³/mol. The van der Waals surface area contributed by atoms with E-state index in [-0.39, 0.29) is 0 Å². The van der Waals surface area contributed by atoms with Gasteiger partial charge in [-0.25, -0.2) is 9.97 Å². The zero-order valence-corrected chi connectivity index (χ0v) is 13.0. The summed E-state index contributed by atoms with van der Waals surface area (Å²) in [5, 5.41) is 0. The molecule has 0 saturated carbocycles. The summed E-state index contributed by atoms with van der Waals surface area (Å²) in [6, 6.07) is 0.679. The van der Waals surface area contributed by atoms with Crippen LogP contribution in [0.15, 0.2) is 6.20 Å². The van der Waals surface area contributed by atoms with Crippen molar-refractivity contribution in [3.05, 3.63) is 23.3 Å². The van der Waals surface area contributed by atoms with Crippen molar-refractivity contribution in [3.63, 3.8) is 0 Å². The second kappa shape index (κ2) is 7.25. The number of hydrogen-bond acceptors (Lipinski definition) is 4. The molecular weight excluding hydrogens is 254 g/mol. The summed E-state index contributed by atoms with van der Waals surface area (Å²) in [5.41, 5.74) is 2.60. The molecule has 19 heavy (non-hydrogen) atoms. The first-order valence-electron chi connectivity index (χ1n) is 7.47. The van der Waals surface area contributed by atoms with Crippen LogP contribution in [0.1, 0.15) is 50.2 Å². The van der Waals surface area contributed by atoms with Gasteiger partial charge in [0.1, 0.15) is 5.82 Å². The van der Waals surface area contributed by atoms with Gasteiger partial charge in [-0.1, -0.05) is 13.8 Å². The molecule has 1 atom stereocenters. The molecule has 1 aromatic rings. The number of hydrogen-bond donors (Lipinski definition) is 1. The Labute approximate surface area is 122 Å². The average Bonchev–Trinajstić information content (AvgIpc) is 2.46. The molecule has 1 aliphatic carbocycles. The number of thiol groups is 1. The lowest BCUT2D eigenvalue weighted by Crippen LogP contribution is -2.40. The second-order valence-corrected chi connectivity index (χ2v) is 5.67. The molecule has 0 N–H and O–H groups in total. The van der Waals surface area contributed by atoms with Crippen LogP contribution in [0.4, 0.5) is 0 Å². The fourth-order valence-corrected chi connectivity index (χ4v) is 3.12. The Balaban J connectivity index is 2.08. The molecule has 2 rings (SSSR count). The summed E-state index contributed by atoms with van der Waals surface area (Å²) in [6.07, 6.45) is 7.93. The molecule has 1 unspecified atom stereocenters. The summed E-state index contributed by atoms with van der Waals surface area (Å²) >= 11 is 4.25. The van der Waals surface area contributed by atoms with E-state index in [0.717, 1.165) is 18.7 Å². The lowest BCUT2D eigenvalue weighted by Gasteiger charge is -2.34. The summed E-state index contributed by atoms with van der Waals surface area (Å²) in [5.74, 6) is 1.49. The Hall–Kier alpha value is -0.610. The topological polar surface area (TPSA) is 29.0 Å². The summed E-state index contributed by atoms with van der Waals surface area (Å²) < 4.78 is 0. The molecule has 1 heterocycles. The van der Waals surface area contributed by atoms with Gasteiger partial charge >= 0.3 is 0 Å². The monoisotopic (exact) mass is 279 g/mol. The highest BCUT2D eigenvalue weighted by atomic mass is 32.1. The molecule has 0 aliphatic heterocycles. The highest BCUT2D eigenvalue weighted by Crippen LogP contribution is 2.23. The predicted octanol–water partition coefficient (Wildman–Crippen LogP) is 2.89. The van der Waals surface area contributed by atoms with Gasteiger partial charge in [0.25, 0.3) is 0 Å². The lowest BCUT2D eigenvalue weighted by atomic mass is 9.91. The zero-order chi connectivity index (χ0) is 13.7. The number of nitrogens with zero attached hydrogens (tertiary/aromatic N) is 3. The number of aromatic nitrogens is 2. The molecule has 0 amide bonds. The van der Waals surface area contributed by atoms with E-state index in [1.807, 2.05) is 6.20 Å². The molecule has 4 heteroatoms.